The van der Waals surface area contributed by atoms with Crippen LogP contribution in [0, 0.1) is 0 Å². The Morgan fingerprint density at radius 3 is 1.50 bits per heavy atom. The molecule has 0 nitrogen and oxygen atoms in total. The van der Waals surface area contributed by atoms with E-state index in [1.54, 1.807) is 0 Å². The second kappa shape index (κ2) is 4.57. The lowest BCUT2D eigenvalue weighted by atomic mass is 10.2. The second-order valence-corrected chi connectivity index (χ2v) is 2.99. The van der Waals surface area contributed by atoms with E-state index in [-0.39, 0.29) is 0 Å². The van der Waals surface area contributed by atoms with Crippen molar-refractivity contribution in [3.8, 4) is 0 Å². The minimum atomic E-state index is 0.987. The van der Waals surface area contributed by atoms with Gasteiger partial charge in [-0.15, -0.1) is 0 Å². The van der Waals surface area contributed by atoms with Crippen LogP contribution in [0.2, 0.25) is 0 Å². The Bertz CT molecular complexity index is 84.7. The van der Waals surface area contributed by atoms with Crippen molar-refractivity contribution in [3.05, 3.63) is 11.1 Å². The largest absolute Gasteiger partial charge is 0.0880 e. The van der Waals surface area contributed by atoms with Crippen LogP contribution in [0.15, 0.2) is 11.1 Å². The SMILES string of the molecule is CC(C)=C(CBr)CBr. The number of halogens is 2. The molecule has 0 spiro atoms. The fourth-order valence-electron chi connectivity index (χ4n) is 0.303. The van der Waals surface area contributed by atoms with E-state index in [9.17, 15) is 0 Å². The van der Waals surface area contributed by atoms with E-state index in [1.165, 1.54) is 11.1 Å². The van der Waals surface area contributed by atoms with E-state index in [0.717, 1.165) is 10.7 Å². The molecule has 0 atom stereocenters. The Morgan fingerprint density at radius 2 is 1.50 bits per heavy atom. The molecule has 0 aromatic carbocycles. The zero-order valence-corrected chi connectivity index (χ0v) is 8.34. The molecule has 0 radical (unpaired) electrons. The van der Waals surface area contributed by atoms with Gasteiger partial charge in [-0.3, -0.25) is 0 Å². The van der Waals surface area contributed by atoms with Crippen molar-refractivity contribution in [2.45, 2.75) is 13.8 Å². The zero-order chi connectivity index (χ0) is 6.57. The topological polar surface area (TPSA) is 0 Å². The Balaban J connectivity index is 3.86. The predicted molar refractivity (Wildman–Crippen MR) is 46.0 cm³/mol. The summed E-state index contributed by atoms with van der Waals surface area (Å²) in [6.07, 6.45) is 0. The van der Waals surface area contributed by atoms with Crippen molar-refractivity contribution in [1.82, 2.24) is 0 Å². The highest BCUT2D eigenvalue weighted by molar-refractivity contribution is 9.10. The number of rotatable bonds is 2. The van der Waals surface area contributed by atoms with Gasteiger partial charge in [-0.25, -0.2) is 0 Å². The van der Waals surface area contributed by atoms with E-state index in [4.69, 9.17) is 0 Å². The first-order chi connectivity index (χ1) is 3.72. The van der Waals surface area contributed by atoms with Crippen LogP contribution in [0.4, 0.5) is 0 Å². The van der Waals surface area contributed by atoms with Crippen molar-refractivity contribution in [3.63, 3.8) is 0 Å². The van der Waals surface area contributed by atoms with Crippen LogP contribution in [0.1, 0.15) is 13.8 Å². The maximum Gasteiger partial charge on any atom is 0.0252 e. The molecule has 2 heteroatoms. The van der Waals surface area contributed by atoms with Gasteiger partial charge in [0.25, 0.3) is 0 Å². The maximum absolute atomic E-state index is 3.39. The Hall–Kier alpha value is 0.700. The molecule has 0 rings (SSSR count). The maximum atomic E-state index is 3.39. The van der Waals surface area contributed by atoms with Gasteiger partial charge in [0.05, 0.1) is 0 Å². The van der Waals surface area contributed by atoms with Crippen LogP contribution in [-0.2, 0) is 0 Å². The molecule has 0 N–H and O–H groups in total. The molecule has 0 aliphatic rings. The lowest BCUT2D eigenvalue weighted by molar-refractivity contribution is 1.26. The smallest absolute Gasteiger partial charge is 0.0252 e. The van der Waals surface area contributed by atoms with Crippen LogP contribution < -0.4 is 0 Å². The minimum absolute atomic E-state index is 0.987. The number of alkyl halides is 2. The number of allylic oxidation sites excluding steroid dienone is 2. The third kappa shape index (κ3) is 2.88. The van der Waals surface area contributed by atoms with Gasteiger partial charge in [-0.1, -0.05) is 43.0 Å². The van der Waals surface area contributed by atoms with Crippen molar-refractivity contribution in [2.75, 3.05) is 10.7 Å². The van der Waals surface area contributed by atoms with Crippen LogP contribution in [0.3, 0.4) is 0 Å². The average Bonchev–Trinajstić information content (AvgIpc) is 1.69. The number of hydrogen-bond donors (Lipinski definition) is 0. The number of hydrogen-bond acceptors (Lipinski definition) is 0. The molecule has 0 amide bonds. The lowest BCUT2D eigenvalue weighted by Gasteiger charge is -1.98. The van der Waals surface area contributed by atoms with E-state index < -0.39 is 0 Å². The summed E-state index contributed by atoms with van der Waals surface area (Å²) in [4.78, 5) is 0. The van der Waals surface area contributed by atoms with Crippen LogP contribution in [0.25, 0.3) is 0 Å². The quantitative estimate of drug-likeness (QED) is 0.515. The molecule has 0 saturated heterocycles. The van der Waals surface area contributed by atoms with Crippen molar-refractivity contribution in [1.29, 1.82) is 0 Å². The zero-order valence-electron chi connectivity index (χ0n) is 5.17. The van der Waals surface area contributed by atoms with Gasteiger partial charge in [0.2, 0.25) is 0 Å². The van der Waals surface area contributed by atoms with E-state index in [1.807, 2.05) is 0 Å². The van der Waals surface area contributed by atoms with Gasteiger partial charge in [0.15, 0.2) is 0 Å². The van der Waals surface area contributed by atoms with Crippen LogP contribution in [-0.4, -0.2) is 10.7 Å². The van der Waals surface area contributed by atoms with Gasteiger partial charge < -0.3 is 0 Å². The summed E-state index contributed by atoms with van der Waals surface area (Å²) in [6.45, 7) is 4.25. The van der Waals surface area contributed by atoms with Gasteiger partial charge >= 0.3 is 0 Å². The molecule has 0 aromatic heterocycles. The van der Waals surface area contributed by atoms with Crippen molar-refractivity contribution in [2.24, 2.45) is 0 Å². The molecule has 0 aromatic rings. The average molecular weight is 242 g/mol. The van der Waals surface area contributed by atoms with Gasteiger partial charge in [-0.2, -0.15) is 0 Å². The fourth-order valence-corrected chi connectivity index (χ4v) is 2.35. The summed E-state index contributed by atoms with van der Waals surface area (Å²) < 4.78 is 0. The molecule has 0 saturated carbocycles. The highest BCUT2D eigenvalue weighted by Crippen LogP contribution is 2.08. The van der Waals surface area contributed by atoms with Crippen LogP contribution in [0.5, 0.6) is 0 Å². The minimum Gasteiger partial charge on any atom is -0.0880 e. The predicted octanol–water partition coefficient (Wildman–Crippen LogP) is 3.11. The highest BCUT2D eigenvalue weighted by Gasteiger charge is 1.92. The van der Waals surface area contributed by atoms with Gasteiger partial charge in [0, 0.05) is 10.7 Å². The lowest BCUT2D eigenvalue weighted by Crippen LogP contribution is -1.87. The molecule has 0 heterocycles. The fraction of sp³-hybridized carbons (Fsp3) is 0.667. The van der Waals surface area contributed by atoms with Crippen molar-refractivity contribution < 1.29 is 0 Å². The monoisotopic (exact) mass is 240 g/mol. The molecular weight excluding hydrogens is 232 g/mol. The standard InChI is InChI=1S/C6H10Br2/c1-5(2)6(3-7)4-8/h3-4H2,1-2H3. The Labute approximate surface area is 67.6 Å². The Morgan fingerprint density at radius 1 is 1.12 bits per heavy atom. The molecule has 0 aliphatic carbocycles. The summed E-state index contributed by atoms with van der Waals surface area (Å²) in [7, 11) is 0. The molecule has 0 fully saturated rings. The second-order valence-electron chi connectivity index (χ2n) is 1.87. The molecule has 0 unspecified atom stereocenters. The molecule has 48 valence electrons. The summed E-state index contributed by atoms with van der Waals surface area (Å²) in [6, 6.07) is 0. The summed E-state index contributed by atoms with van der Waals surface area (Å²) >= 11 is 6.78. The first-order valence-corrected chi connectivity index (χ1v) is 4.73. The first-order valence-electron chi connectivity index (χ1n) is 2.49. The van der Waals surface area contributed by atoms with E-state index >= 15 is 0 Å². The third-order valence-electron chi connectivity index (χ3n) is 1.03. The molecule has 0 aliphatic heterocycles. The molecule has 8 heavy (non-hydrogen) atoms. The van der Waals surface area contributed by atoms with Crippen LogP contribution >= 0.6 is 31.9 Å². The first kappa shape index (κ1) is 8.70. The molecule has 0 bridgehead atoms. The summed E-state index contributed by atoms with van der Waals surface area (Å²) in [5, 5.41) is 1.97. The summed E-state index contributed by atoms with van der Waals surface area (Å²) in [5.74, 6) is 0. The Kier molecular flexibility index (Phi) is 4.97. The summed E-state index contributed by atoms with van der Waals surface area (Å²) in [5.41, 5.74) is 2.84. The van der Waals surface area contributed by atoms with E-state index in [0.29, 0.717) is 0 Å². The third-order valence-corrected chi connectivity index (χ3v) is 2.38. The van der Waals surface area contributed by atoms with Gasteiger partial charge in [0.1, 0.15) is 0 Å². The highest BCUT2D eigenvalue weighted by atomic mass is 79.9. The normalized spacial score (nSPS) is 9.00. The van der Waals surface area contributed by atoms with Crippen molar-refractivity contribution >= 4 is 31.9 Å². The van der Waals surface area contributed by atoms with Gasteiger partial charge in [-0.05, 0) is 13.8 Å². The molecular formula is C6H10Br2. The van der Waals surface area contributed by atoms with E-state index in [2.05, 4.69) is 45.7 Å².